The maximum atomic E-state index is 12.5. The van der Waals surface area contributed by atoms with E-state index in [9.17, 15) is 4.79 Å². The van der Waals surface area contributed by atoms with Gasteiger partial charge in [0.25, 0.3) is 5.91 Å². The maximum Gasteiger partial charge on any atom is 0.250 e. The number of ether oxygens (including phenoxy) is 1. The van der Waals surface area contributed by atoms with E-state index in [-0.39, 0.29) is 5.91 Å². The summed E-state index contributed by atoms with van der Waals surface area (Å²) < 4.78 is 5.81. The second-order valence-electron chi connectivity index (χ2n) is 5.97. The Balaban J connectivity index is 1.65. The van der Waals surface area contributed by atoms with Crippen molar-refractivity contribution in [1.82, 2.24) is 4.98 Å². The fourth-order valence-corrected chi connectivity index (χ4v) is 3.27. The number of hydrogen-bond acceptors (Lipinski definition) is 4. The highest BCUT2D eigenvalue weighted by Gasteiger charge is 2.10. The molecule has 0 bridgehead atoms. The van der Waals surface area contributed by atoms with Crippen LogP contribution in [0.4, 0.5) is 5.69 Å². The van der Waals surface area contributed by atoms with Crippen LogP contribution in [-0.2, 0) is 11.4 Å². The highest BCUT2D eigenvalue weighted by molar-refractivity contribution is 7.09. The number of hydrogen-bond donors (Lipinski definition) is 0. The zero-order valence-electron chi connectivity index (χ0n) is 15.5. The summed E-state index contributed by atoms with van der Waals surface area (Å²) in [7, 11) is 0. The number of thiazole rings is 1. The molecule has 1 aromatic heterocycles. The minimum atomic E-state index is -0.0482. The Morgan fingerprint density at radius 2 is 2.00 bits per heavy atom. The second kappa shape index (κ2) is 9.14. The van der Waals surface area contributed by atoms with Gasteiger partial charge in [-0.1, -0.05) is 30.3 Å². The van der Waals surface area contributed by atoms with Crippen LogP contribution in [0.25, 0.3) is 6.08 Å². The van der Waals surface area contributed by atoms with Gasteiger partial charge in [-0.05, 0) is 49.8 Å². The van der Waals surface area contributed by atoms with Crippen LogP contribution in [0.2, 0.25) is 0 Å². The van der Waals surface area contributed by atoms with E-state index in [1.165, 1.54) is 0 Å². The van der Waals surface area contributed by atoms with Crippen molar-refractivity contribution in [1.29, 1.82) is 0 Å². The van der Waals surface area contributed by atoms with Gasteiger partial charge in [-0.2, -0.15) is 0 Å². The van der Waals surface area contributed by atoms with Gasteiger partial charge in [0.2, 0.25) is 0 Å². The number of aryl methyl sites for hydroxylation is 1. The van der Waals surface area contributed by atoms with Crippen LogP contribution in [0.1, 0.15) is 23.2 Å². The molecule has 27 heavy (non-hydrogen) atoms. The lowest BCUT2D eigenvalue weighted by Crippen LogP contribution is -2.28. The quantitative estimate of drug-likeness (QED) is 0.537. The molecule has 4 nitrogen and oxygen atoms in total. The lowest BCUT2D eigenvalue weighted by Gasteiger charge is -2.19. The molecule has 0 aliphatic heterocycles. The Labute approximate surface area is 163 Å². The predicted molar refractivity (Wildman–Crippen MR) is 111 cm³/mol. The Hall–Kier alpha value is -2.92. The normalized spacial score (nSPS) is 10.9. The minimum Gasteiger partial charge on any atom is -0.487 e. The number of para-hydroxylation sites is 1. The summed E-state index contributed by atoms with van der Waals surface area (Å²) >= 11 is 1.61. The molecule has 0 radical (unpaired) electrons. The summed E-state index contributed by atoms with van der Waals surface area (Å²) in [5.41, 5.74) is 2.74. The van der Waals surface area contributed by atoms with Gasteiger partial charge in [-0.25, -0.2) is 4.98 Å². The van der Waals surface area contributed by atoms with E-state index in [0.717, 1.165) is 27.7 Å². The SMILES string of the molecule is CCN(C(=O)/C=C/c1cccc(OCc2csc(C)n2)c1)c1ccccc1. The lowest BCUT2D eigenvalue weighted by atomic mass is 10.2. The molecular weight excluding hydrogens is 356 g/mol. The smallest absolute Gasteiger partial charge is 0.250 e. The number of amides is 1. The van der Waals surface area contributed by atoms with Crippen LogP contribution in [0, 0.1) is 6.92 Å². The van der Waals surface area contributed by atoms with Gasteiger partial charge in [0.1, 0.15) is 12.4 Å². The first-order chi connectivity index (χ1) is 13.2. The molecule has 0 spiro atoms. The van der Waals surface area contributed by atoms with Crippen molar-refractivity contribution < 1.29 is 9.53 Å². The molecule has 1 amide bonds. The molecule has 0 N–H and O–H groups in total. The van der Waals surface area contributed by atoms with Crippen LogP contribution >= 0.6 is 11.3 Å². The number of aromatic nitrogens is 1. The first kappa shape index (κ1) is 18.9. The topological polar surface area (TPSA) is 42.4 Å². The molecule has 0 aliphatic rings. The molecule has 0 aliphatic carbocycles. The van der Waals surface area contributed by atoms with Crippen molar-refractivity contribution in [3.05, 3.63) is 82.3 Å². The van der Waals surface area contributed by atoms with Crippen molar-refractivity contribution in [2.24, 2.45) is 0 Å². The van der Waals surface area contributed by atoms with E-state index in [1.54, 1.807) is 22.3 Å². The van der Waals surface area contributed by atoms with Gasteiger partial charge in [0.15, 0.2) is 0 Å². The summed E-state index contributed by atoms with van der Waals surface area (Å²) in [5, 5.41) is 3.03. The lowest BCUT2D eigenvalue weighted by molar-refractivity contribution is -0.114. The van der Waals surface area contributed by atoms with Gasteiger partial charge in [0, 0.05) is 23.7 Å². The summed E-state index contributed by atoms with van der Waals surface area (Å²) in [6.07, 6.45) is 3.41. The van der Waals surface area contributed by atoms with Crippen LogP contribution in [0.15, 0.2) is 66.1 Å². The van der Waals surface area contributed by atoms with Crippen LogP contribution in [-0.4, -0.2) is 17.4 Å². The largest absolute Gasteiger partial charge is 0.487 e. The average Bonchev–Trinajstić information content (AvgIpc) is 3.12. The van der Waals surface area contributed by atoms with Crippen molar-refractivity contribution in [2.75, 3.05) is 11.4 Å². The van der Waals surface area contributed by atoms with E-state index in [1.807, 2.05) is 79.9 Å². The molecule has 0 unspecified atom stereocenters. The number of carbonyl (C=O) groups excluding carboxylic acids is 1. The molecule has 1 heterocycles. The fourth-order valence-electron chi connectivity index (χ4n) is 2.67. The van der Waals surface area contributed by atoms with E-state index in [4.69, 9.17) is 4.74 Å². The first-order valence-electron chi connectivity index (χ1n) is 8.84. The molecule has 0 saturated heterocycles. The highest BCUT2D eigenvalue weighted by atomic mass is 32.1. The van der Waals surface area contributed by atoms with Crippen LogP contribution in [0.3, 0.4) is 0 Å². The molecule has 3 rings (SSSR count). The van der Waals surface area contributed by atoms with Gasteiger partial charge in [-0.15, -0.1) is 11.3 Å². The molecule has 5 heteroatoms. The zero-order valence-corrected chi connectivity index (χ0v) is 16.3. The van der Waals surface area contributed by atoms with Crippen molar-refractivity contribution in [2.45, 2.75) is 20.5 Å². The Morgan fingerprint density at radius 1 is 1.19 bits per heavy atom. The molecular formula is C22H22N2O2S. The highest BCUT2D eigenvalue weighted by Crippen LogP contribution is 2.18. The average molecular weight is 378 g/mol. The monoisotopic (exact) mass is 378 g/mol. The Kier molecular flexibility index (Phi) is 6.39. The number of nitrogens with zero attached hydrogens (tertiary/aromatic N) is 2. The van der Waals surface area contributed by atoms with E-state index in [2.05, 4.69) is 4.98 Å². The number of likely N-dealkylation sites (N-methyl/N-ethyl adjacent to an activating group) is 1. The van der Waals surface area contributed by atoms with E-state index in [0.29, 0.717) is 13.2 Å². The first-order valence-corrected chi connectivity index (χ1v) is 9.72. The predicted octanol–water partition coefficient (Wildman–Crippen LogP) is 5.10. The third kappa shape index (κ3) is 5.28. The maximum absolute atomic E-state index is 12.5. The second-order valence-corrected chi connectivity index (χ2v) is 7.03. The fraction of sp³-hybridized carbons (Fsp3) is 0.182. The summed E-state index contributed by atoms with van der Waals surface area (Å²) in [6, 6.07) is 17.4. The van der Waals surface area contributed by atoms with Gasteiger partial charge in [0.05, 0.1) is 10.7 Å². The molecule has 0 atom stereocenters. The zero-order chi connectivity index (χ0) is 19.1. The number of benzene rings is 2. The molecule has 3 aromatic rings. The Morgan fingerprint density at radius 3 is 2.70 bits per heavy atom. The van der Waals surface area contributed by atoms with Crippen molar-refractivity contribution in [3.8, 4) is 5.75 Å². The summed E-state index contributed by atoms with van der Waals surface area (Å²) in [5.74, 6) is 0.707. The molecule has 0 saturated carbocycles. The Bertz CT molecular complexity index is 919. The number of anilines is 1. The van der Waals surface area contributed by atoms with E-state index >= 15 is 0 Å². The van der Waals surface area contributed by atoms with Gasteiger partial charge in [-0.3, -0.25) is 4.79 Å². The summed E-state index contributed by atoms with van der Waals surface area (Å²) in [4.78, 5) is 18.7. The van der Waals surface area contributed by atoms with E-state index < -0.39 is 0 Å². The summed E-state index contributed by atoms with van der Waals surface area (Å²) in [6.45, 7) is 5.00. The molecule has 2 aromatic carbocycles. The van der Waals surface area contributed by atoms with Crippen molar-refractivity contribution >= 4 is 29.0 Å². The van der Waals surface area contributed by atoms with Crippen LogP contribution < -0.4 is 9.64 Å². The minimum absolute atomic E-state index is 0.0482. The number of carbonyl (C=O) groups is 1. The van der Waals surface area contributed by atoms with Gasteiger partial charge >= 0.3 is 0 Å². The number of rotatable bonds is 7. The molecule has 0 fully saturated rings. The van der Waals surface area contributed by atoms with Crippen molar-refractivity contribution in [3.63, 3.8) is 0 Å². The van der Waals surface area contributed by atoms with Gasteiger partial charge < -0.3 is 9.64 Å². The standard InChI is InChI=1S/C22H22N2O2S/c1-3-24(20-9-5-4-6-10-20)22(25)13-12-18-8-7-11-21(14-18)26-15-19-16-27-17(2)23-19/h4-14,16H,3,15H2,1-2H3/b13-12+. The molecule has 138 valence electrons. The third-order valence-corrected chi connectivity index (χ3v) is 4.80. The third-order valence-electron chi connectivity index (χ3n) is 3.98. The van der Waals surface area contributed by atoms with Crippen LogP contribution in [0.5, 0.6) is 5.75 Å².